The zero-order valence-corrected chi connectivity index (χ0v) is 19.0. The van der Waals surface area contributed by atoms with E-state index in [4.69, 9.17) is 13.9 Å². The van der Waals surface area contributed by atoms with Gasteiger partial charge in [-0.25, -0.2) is 4.99 Å². The van der Waals surface area contributed by atoms with E-state index in [0.717, 1.165) is 35.1 Å². The van der Waals surface area contributed by atoms with E-state index in [1.54, 1.807) is 6.92 Å². The first-order chi connectivity index (χ1) is 14.2. The number of benzene rings is 2. The fourth-order valence-corrected chi connectivity index (χ4v) is 4.63. The van der Waals surface area contributed by atoms with E-state index >= 15 is 0 Å². The van der Waals surface area contributed by atoms with E-state index < -0.39 is 16.2 Å². The maximum Gasteiger partial charge on any atom is 0.267 e. The van der Waals surface area contributed by atoms with Gasteiger partial charge in [-0.15, -0.1) is 0 Å². The van der Waals surface area contributed by atoms with Crippen LogP contribution in [0.15, 0.2) is 53.5 Å². The number of rotatable bonds is 9. The fraction of sp³-hybridized carbons (Fsp3) is 0.458. The first-order valence-electron chi connectivity index (χ1n) is 10.5. The summed E-state index contributed by atoms with van der Waals surface area (Å²) in [6, 6.07) is 15.8. The summed E-state index contributed by atoms with van der Waals surface area (Å²) in [5.41, 5.74) is 3.61. The van der Waals surface area contributed by atoms with Gasteiger partial charge in [0, 0.05) is 5.56 Å². The Balaban J connectivity index is 1.77. The molecule has 2 aromatic carbocycles. The van der Waals surface area contributed by atoms with Gasteiger partial charge >= 0.3 is 0 Å². The molecule has 0 bridgehead atoms. The average Bonchev–Trinajstić information content (AvgIpc) is 3.07. The average molecular weight is 430 g/mol. The molecular weight excluding hydrogens is 398 g/mol. The normalized spacial score (nSPS) is 16.7. The molecule has 1 unspecified atom stereocenters. The molecular formula is C24H31NO4S. The summed E-state index contributed by atoms with van der Waals surface area (Å²) >= 11 is 0. The highest BCUT2D eigenvalue weighted by atomic mass is 32.2. The Morgan fingerprint density at radius 1 is 1.07 bits per heavy atom. The van der Waals surface area contributed by atoms with Crippen LogP contribution >= 0.6 is 0 Å². The third-order valence-corrected chi connectivity index (χ3v) is 6.47. The molecule has 1 heterocycles. The molecule has 1 atom stereocenters. The number of ether oxygens (including phenoxy) is 1. The van der Waals surface area contributed by atoms with Crippen molar-refractivity contribution in [3.63, 3.8) is 0 Å². The highest BCUT2D eigenvalue weighted by Crippen LogP contribution is 2.30. The van der Waals surface area contributed by atoms with Gasteiger partial charge < -0.3 is 4.74 Å². The second-order valence-electron chi connectivity index (χ2n) is 8.39. The number of nitrogens with zero attached hydrogens (tertiary/aromatic N) is 1. The summed E-state index contributed by atoms with van der Waals surface area (Å²) in [6.07, 6.45) is 1.97. The molecule has 1 aliphatic rings. The lowest BCUT2D eigenvalue weighted by Gasteiger charge is -2.15. The number of hydrogen-bond acceptors (Lipinski definition) is 5. The van der Waals surface area contributed by atoms with Crippen LogP contribution in [0.2, 0.25) is 0 Å². The molecule has 30 heavy (non-hydrogen) atoms. The summed E-state index contributed by atoms with van der Waals surface area (Å²) in [4.78, 5) is 4.70. The minimum atomic E-state index is -3.52. The summed E-state index contributed by atoms with van der Waals surface area (Å²) in [6.45, 7) is 8.48. The van der Waals surface area contributed by atoms with Crippen LogP contribution in [-0.4, -0.2) is 32.2 Å². The van der Waals surface area contributed by atoms with Crippen LogP contribution in [-0.2, 0) is 19.0 Å². The van der Waals surface area contributed by atoms with Crippen molar-refractivity contribution < 1.29 is 17.3 Å². The molecule has 162 valence electrons. The predicted octanol–water partition coefficient (Wildman–Crippen LogP) is 5.51. The molecule has 0 fully saturated rings. The summed E-state index contributed by atoms with van der Waals surface area (Å²) in [5, 5.41) is 0. The monoisotopic (exact) mass is 429 g/mol. The Labute approximate surface area is 180 Å². The maximum absolute atomic E-state index is 12.2. The van der Waals surface area contributed by atoms with Crippen LogP contribution in [0.1, 0.15) is 64.2 Å². The van der Waals surface area contributed by atoms with Crippen molar-refractivity contribution in [2.75, 3.05) is 12.4 Å². The van der Waals surface area contributed by atoms with Gasteiger partial charge in [0.25, 0.3) is 10.1 Å². The molecule has 1 aliphatic heterocycles. The van der Waals surface area contributed by atoms with Crippen molar-refractivity contribution in [2.24, 2.45) is 4.99 Å². The summed E-state index contributed by atoms with van der Waals surface area (Å²) in [7, 11) is -3.52. The van der Waals surface area contributed by atoms with Gasteiger partial charge in [0.2, 0.25) is 5.90 Å². The van der Waals surface area contributed by atoms with Crippen LogP contribution in [0.4, 0.5) is 0 Å². The standard InChI is InChI=1S/C24H31NO4S/c1-5-6-9-16-30(26,27)29-18(2)19-12-14-20(15-13-19)21-10-7-8-11-22(21)23-25-24(3,4)17-28-23/h7-8,10-15,18H,5-6,9,16-17H2,1-4H3. The van der Waals surface area contributed by atoms with Gasteiger partial charge in [0.05, 0.1) is 17.4 Å². The molecule has 5 nitrogen and oxygen atoms in total. The van der Waals surface area contributed by atoms with E-state index in [9.17, 15) is 8.42 Å². The molecule has 0 saturated carbocycles. The zero-order chi connectivity index (χ0) is 21.8. The first-order valence-corrected chi connectivity index (χ1v) is 12.1. The van der Waals surface area contributed by atoms with E-state index in [1.165, 1.54) is 0 Å². The van der Waals surface area contributed by atoms with E-state index in [2.05, 4.69) is 13.8 Å². The molecule has 0 N–H and O–H groups in total. The smallest absolute Gasteiger partial charge is 0.267 e. The molecule has 0 spiro atoms. The van der Waals surface area contributed by atoms with E-state index in [-0.39, 0.29) is 11.3 Å². The minimum Gasteiger partial charge on any atom is -0.475 e. The highest BCUT2D eigenvalue weighted by Gasteiger charge is 2.28. The molecule has 0 aromatic heterocycles. The van der Waals surface area contributed by atoms with Crippen LogP contribution in [0.25, 0.3) is 11.1 Å². The Kier molecular flexibility index (Phi) is 6.98. The van der Waals surface area contributed by atoms with Gasteiger partial charge in [-0.3, -0.25) is 4.18 Å². The van der Waals surface area contributed by atoms with Crippen molar-refractivity contribution in [3.8, 4) is 11.1 Å². The third-order valence-electron chi connectivity index (χ3n) is 5.10. The van der Waals surface area contributed by atoms with Crippen LogP contribution in [0.5, 0.6) is 0 Å². The highest BCUT2D eigenvalue weighted by molar-refractivity contribution is 7.86. The van der Waals surface area contributed by atoms with Gasteiger partial charge in [0.1, 0.15) is 6.61 Å². The van der Waals surface area contributed by atoms with Crippen molar-refractivity contribution in [1.82, 2.24) is 0 Å². The molecule has 0 amide bonds. The van der Waals surface area contributed by atoms with Gasteiger partial charge in [-0.2, -0.15) is 8.42 Å². The fourth-order valence-electron chi connectivity index (χ4n) is 3.43. The van der Waals surface area contributed by atoms with Crippen molar-refractivity contribution in [1.29, 1.82) is 0 Å². The van der Waals surface area contributed by atoms with Crippen LogP contribution < -0.4 is 0 Å². The molecule has 3 rings (SSSR count). The molecule has 6 heteroatoms. The van der Waals surface area contributed by atoms with Crippen molar-refractivity contribution in [2.45, 2.75) is 58.6 Å². The Morgan fingerprint density at radius 3 is 2.33 bits per heavy atom. The van der Waals surface area contributed by atoms with Gasteiger partial charge in [-0.05, 0) is 49.9 Å². The molecule has 2 aromatic rings. The van der Waals surface area contributed by atoms with Crippen LogP contribution in [0.3, 0.4) is 0 Å². The third kappa shape index (κ3) is 5.70. The zero-order valence-electron chi connectivity index (χ0n) is 18.2. The molecule has 0 aliphatic carbocycles. The number of hydrogen-bond donors (Lipinski definition) is 0. The number of unbranched alkanes of at least 4 members (excludes halogenated alkanes) is 2. The van der Waals surface area contributed by atoms with Gasteiger partial charge in [-0.1, -0.05) is 62.2 Å². The Morgan fingerprint density at radius 2 is 1.73 bits per heavy atom. The lowest BCUT2D eigenvalue weighted by atomic mass is 9.97. The largest absolute Gasteiger partial charge is 0.475 e. The SMILES string of the molecule is CCCCCS(=O)(=O)OC(C)c1ccc(-c2ccccc2C2=NC(C)(C)CO2)cc1. The molecule has 0 saturated heterocycles. The summed E-state index contributed by atoms with van der Waals surface area (Å²) < 4.78 is 35.6. The quantitative estimate of drug-likeness (QED) is 0.390. The van der Waals surface area contributed by atoms with Gasteiger partial charge in [0.15, 0.2) is 0 Å². The molecule has 0 radical (unpaired) electrons. The van der Waals surface area contributed by atoms with Crippen molar-refractivity contribution >= 4 is 16.0 Å². The predicted molar refractivity (Wildman–Crippen MR) is 121 cm³/mol. The lowest BCUT2D eigenvalue weighted by molar-refractivity contribution is 0.234. The topological polar surface area (TPSA) is 65.0 Å². The van der Waals surface area contributed by atoms with E-state index in [1.807, 2.05) is 55.5 Å². The summed E-state index contributed by atoms with van der Waals surface area (Å²) in [5.74, 6) is 0.726. The maximum atomic E-state index is 12.2. The minimum absolute atomic E-state index is 0.0646. The Bertz CT molecular complexity index is 994. The first kappa shape index (κ1) is 22.5. The second-order valence-corrected chi connectivity index (χ2v) is 10.1. The van der Waals surface area contributed by atoms with Crippen LogP contribution in [0, 0.1) is 0 Å². The lowest BCUT2D eigenvalue weighted by Crippen LogP contribution is -2.17. The van der Waals surface area contributed by atoms with Crippen molar-refractivity contribution in [3.05, 3.63) is 59.7 Å². The Hall–Kier alpha value is -2.18. The number of aliphatic imine (C=N–C) groups is 1. The van der Waals surface area contributed by atoms with E-state index in [0.29, 0.717) is 18.9 Å². The second kappa shape index (κ2) is 9.31.